The van der Waals surface area contributed by atoms with Gasteiger partial charge in [0.25, 0.3) is 5.69 Å². The van der Waals surface area contributed by atoms with Gasteiger partial charge in [0.15, 0.2) is 0 Å². The Hall–Kier alpha value is -1.40. The van der Waals surface area contributed by atoms with Gasteiger partial charge in [-0.15, -0.1) is 0 Å². The molecule has 0 radical (unpaired) electrons. The first kappa shape index (κ1) is 15.5. The maximum absolute atomic E-state index is 10.7. The van der Waals surface area contributed by atoms with Crippen LogP contribution in [0.4, 0.5) is 11.5 Å². The molecule has 3 heterocycles. The molecule has 1 unspecified atom stereocenters. The SMILES string of the molecule is CC1CCCN1C1CCN(c2ncc([N+](=O)[O-])cc2Cl)CC1. The van der Waals surface area contributed by atoms with Gasteiger partial charge in [-0.2, -0.15) is 0 Å². The van der Waals surface area contributed by atoms with Crippen LogP contribution in [0.15, 0.2) is 12.3 Å². The number of rotatable bonds is 3. The molecule has 120 valence electrons. The van der Waals surface area contributed by atoms with Gasteiger partial charge in [0.2, 0.25) is 0 Å². The Kier molecular flexibility index (Phi) is 4.49. The Labute approximate surface area is 135 Å². The number of nitro groups is 1. The van der Waals surface area contributed by atoms with Gasteiger partial charge < -0.3 is 4.90 Å². The predicted octanol–water partition coefficient (Wildman–Crippen LogP) is 3.10. The smallest absolute Gasteiger partial charge is 0.289 e. The summed E-state index contributed by atoms with van der Waals surface area (Å²) in [6.45, 7) is 5.33. The van der Waals surface area contributed by atoms with Gasteiger partial charge >= 0.3 is 0 Å². The number of hydrogen-bond acceptors (Lipinski definition) is 5. The van der Waals surface area contributed by atoms with Crippen molar-refractivity contribution in [2.75, 3.05) is 24.5 Å². The number of pyridine rings is 1. The fraction of sp³-hybridized carbons (Fsp3) is 0.667. The van der Waals surface area contributed by atoms with Crippen LogP contribution in [0.1, 0.15) is 32.6 Å². The van der Waals surface area contributed by atoms with Crippen molar-refractivity contribution in [3.8, 4) is 0 Å². The van der Waals surface area contributed by atoms with Crippen LogP contribution >= 0.6 is 11.6 Å². The van der Waals surface area contributed by atoms with E-state index in [9.17, 15) is 10.1 Å². The third-order valence-electron chi connectivity index (χ3n) is 4.86. The van der Waals surface area contributed by atoms with E-state index < -0.39 is 4.92 Å². The van der Waals surface area contributed by atoms with E-state index in [2.05, 4.69) is 21.7 Å². The number of piperidine rings is 1. The van der Waals surface area contributed by atoms with E-state index in [1.54, 1.807) is 0 Å². The summed E-state index contributed by atoms with van der Waals surface area (Å²) < 4.78 is 0. The molecule has 0 N–H and O–H groups in total. The topological polar surface area (TPSA) is 62.5 Å². The highest BCUT2D eigenvalue weighted by Crippen LogP contribution is 2.31. The van der Waals surface area contributed by atoms with Crippen molar-refractivity contribution in [2.24, 2.45) is 0 Å². The van der Waals surface area contributed by atoms with Crippen LogP contribution in [0.25, 0.3) is 0 Å². The molecular weight excluding hydrogens is 304 g/mol. The molecule has 0 aliphatic carbocycles. The fourth-order valence-electron chi connectivity index (χ4n) is 3.66. The van der Waals surface area contributed by atoms with Crippen molar-refractivity contribution >= 4 is 23.1 Å². The van der Waals surface area contributed by atoms with Crippen molar-refractivity contribution in [3.05, 3.63) is 27.4 Å². The van der Waals surface area contributed by atoms with E-state index in [1.165, 1.54) is 31.6 Å². The summed E-state index contributed by atoms with van der Waals surface area (Å²) >= 11 is 6.17. The minimum atomic E-state index is -0.469. The highest BCUT2D eigenvalue weighted by molar-refractivity contribution is 6.33. The molecule has 2 aliphatic rings. The Morgan fingerprint density at radius 2 is 2.05 bits per heavy atom. The average Bonchev–Trinajstić information content (AvgIpc) is 2.93. The van der Waals surface area contributed by atoms with Gasteiger partial charge in [-0.05, 0) is 39.2 Å². The number of nitrogens with zero attached hydrogens (tertiary/aromatic N) is 4. The first-order chi connectivity index (χ1) is 10.6. The molecule has 0 bridgehead atoms. The van der Waals surface area contributed by atoms with Crippen molar-refractivity contribution in [2.45, 2.75) is 44.7 Å². The lowest BCUT2D eigenvalue weighted by molar-refractivity contribution is -0.385. The minimum absolute atomic E-state index is 0.0606. The molecule has 2 saturated heterocycles. The summed E-state index contributed by atoms with van der Waals surface area (Å²) in [4.78, 5) is 19.2. The number of hydrogen-bond donors (Lipinski definition) is 0. The lowest BCUT2D eigenvalue weighted by Gasteiger charge is -2.39. The molecular formula is C15H21ClN4O2. The van der Waals surface area contributed by atoms with Gasteiger partial charge in [-0.25, -0.2) is 4.98 Å². The third kappa shape index (κ3) is 3.03. The lowest BCUT2D eigenvalue weighted by Crippen LogP contribution is -2.46. The molecule has 2 aliphatic heterocycles. The van der Waals surface area contributed by atoms with Crippen LogP contribution in [0.5, 0.6) is 0 Å². The summed E-state index contributed by atoms with van der Waals surface area (Å²) in [5.74, 6) is 0.667. The molecule has 22 heavy (non-hydrogen) atoms. The van der Waals surface area contributed by atoms with Gasteiger partial charge in [-0.3, -0.25) is 15.0 Å². The quantitative estimate of drug-likeness (QED) is 0.631. The zero-order chi connectivity index (χ0) is 15.7. The second-order valence-electron chi connectivity index (χ2n) is 6.20. The molecule has 0 saturated carbocycles. The lowest BCUT2D eigenvalue weighted by atomic mass is 10.0. The summed E-state index contributed by atoms with van der Waals surface area (Å²) in [5, 5.41) is 11.1. The summed E-state index contributed by atoms with van der Waals surface area (Å²) in [5.41, 5.74) is -0.0606. The third-order valence-corrected chi connectivity index (χ3v) is 5.13. The number of likely N-dealkylation sites (tertiary alicyclic amines) is 1. The van der Waals surface area contributed by atoms with Gasteiger partial charge in [-0.1, -0.05) is 11.6 Å². The molecule has 0 amide bonds. The van der Waals surface area contributed by atoms with Crippen molar-refractivity contribution in [3.63, 3.8) is 0 Å². The molecule has 2 fully saturated rings. The molecule has 6 nitrogen and oxygen atoms in total. The zero-order valence-corrected chi connectivity index (χ0v) is 13.5. The number of aromatic nitrogens is 1. The van der Waals surface area contributed by atoms with Crippen LogP contribution in [0.3, 0.4) is 0 Å². The van der Waals surface area contributed by atoms with E-state index >= 15 is 0 Å². The standard InChI is InChI=1S/C15H21ClN4O2/c1-11-3-2-6-19(11)12-4-7-18(8-5-12)15-14(16)9-13(10-17-15)20(21)22/h9-12H,2-8H2,1H3. The Bertz CT molecular complexity index is 560. The molecule has 7 heteroatoms. The largest absolute Gasteiger partial charge is 0.355 e. The second-order valence-corrected chi connectivity index (χ2v) is 6.61. The Morgan fingerprint density at radius 1 is 1.32 bits per heavy atom. The summed E-state index contributed by atoms with van der Waals surface area (Å²) in [7, 11) is 0. The normalized spacial score (nSPS) is 23.9. The maximum atomic E-state index is 10.7. The van der Waals surface area contributed by atoms with E-state index in [4.69, 9.17) is 11.6 Å². The van der Waals surface area contributed by atoms with Gasteiger partial charge in [0.05, 0.1) is 9.95 Å². The van der Waals surface area contributed by atoms with Crippen LogP contribution in [0.2, 0.25) is 5.02 Å². The summed E-state index contributed by atoms with van der Waals surface area (Å²) in [6, 6.07) is 2.72. The Morgan fingerprint density at radius 3 is 2.59 bits per heavy atom. The van der Waals surface area contributed by atoms with Crippen LogP contribution < -0.4 is 4.90 Å². The second kappa shape index (κ2) is 6.38. The highest BCUT2D eigenvalue weighted by Gasteiger charge is 2.31. The molecule has 0 spiro atoms. The predicted molar refractivity (Wildman–Crippen MR) is 86.5 cm³/mol. The molecule has 1 aromatic rings. The van der Waals surface area contributed by atoms with Crippen LogP contribution in [0, 0.1) is 10.1 Å². The van der Waals surface area contributed by atoms with Gasteiger partial charge in [0.1, 0.15) is 12.0 Å². The first-order valence-electron chi connectivity index (χ1n) is 7.87. The molecule has 1 atom stereocenters. The Balaban J connectivity index is 1.65. The summed E-state index contributed by atoms with van der Waals surface area (Å²) in [6.07, 6.45) is 6.08. The van der Waals surface area contributed by atoms with E-state index in [-0.39, 0.29) is 5.69 Å². The molecule has 0 aromatic carbocycles. The van der Waals surface area contributed by atoms with Gasteiger partial charge in [0, 0.05) is 31.2 Å². The minimum Gasteiger partial charge on any atom is -0.355 e. The zero-order valence-electron chi connectivity index (χ0n) is 12.7. The van der Waals surface area contributed by atoms with Crippen molar-refractivity contribution < 1.29 is 4.92 Å². The average molecular weight is 325 g/mol. The number of anilines is 1. The van der Waals surface area contributed by atoms with Crippen LogP contribution in [-0.4, -0.2) is 46.5 Å². The van der Waals surface area contributed by atoms with E-state index in [0.717, 1.165) is 25.9 Å². The maximum Gasteiger partial charge on any atom is 0.289 e. The number of halogens is 1. The van der Waals surface area contributed by atoms with Crippen molar-refractivity contribution in [1.82, 2.24) is 9.88 Å². The monoisotopic (exact) mass is 324 g/mol. The first-order valence-corrected chi connectivity index (χ1v) is 8.24. The fourth-order valence-corrected chi connectivity index (χ4v) is 3.94. The molecule has 1 aromatic heterocycles. The van der Waals surface area contributed by atoms with Crippen molar-refractivity contribution in [1.29, 1.82) is 0 Å². The van der Waals surface area contributed by atoms with Crippen LogP contribution in [-0.2, 0) is 0 Å². The molecule has 3 rings (SSSR count). The van der Waals surface area contributed by atoms with E-state index in [1.807, 2.05) is 0 Å². The van der Waals surface area contributed by atoms with E-state index in [0.29, 0.717) is 22.9 Å². The highest BCUT2D eigenvalue weighted by atomic mass is 35.5.